The van der Waals surface area contributed by atoms with Crippen LogP contribution in [0, 0.1) is 0 Å². The SMILES string of the molecule is CC12C=CC=CC1c1c(cccc1-c1ccc3oc4ccccc4c3c1-c1nc(-c3ccccc3)nc(-c3ccc4c(c3)oc3ccccc34)n1)S2. The molecule has 2 atom stereocenters. The molecule has 1 aliphatic carbocycles. The van der Waals surface area contributed by atoms with Crippen molar-refractivity contribution in [3.05, 3.63) is 157 Å². The Kier molecular flexibility index (Phi) is 6.31. The van der Waals surface area contributed by atoms with Crippen LogP contribution in [0.5, 0.6) is 0 Å². The molecule has 3 aromatic heterocycles. The van der Waals surface area contributed by atoms with Crippen LogP contribution in [0.15, 0.2) is 165 Å². The topological polar surface area (TPSA) is 65.0 Å². The first kappa shape index (κ1) is 29.5. The molecule has 2 aliphatic rings. The summed E-state index contributed by atoms with van der Waals surface area (Å²) in [6.45, 7) is 2.34. The monoisotopic (exact) mass is 687 g/mol. The Labute approximate surface area is 303 Å². The fourth-order valence-electron chi connectivity index (χ4n) is 8.09. The molecule has 0 fully saturated rings. The Morgan fingerprint density at radius 3 is 2.13 bits per heavy atom. The minimum Gasteiger partial charge on any atom is -0.456 e. The molecule has 0 saturated carbocycles. The quantitative estimate of drug-likeness (QED) is 0.183. The molecule has 0 saturated heterocycles. The molecule has 1 aliphatic heterocycles. The van der Waals surface area contributed by atoms with Crippen molar-refractivity contribution in [1.82, 2.24) is 15.0 Å². The molecule has 0 amide bonds. The van der Waals surface area contributed by atoms with E-state index in [1.165, 1.54) is 16.0 Å². The van der Waals surface area contributed by atoms with E-state index in [4.69, 9.17) is 23.8 Å². The zero-order valence-corrected chi connectivity index (χ0v) is 28.9. The number of thioether (sulfide) groups is 1. The number of hydrogen-bond acceptors (Lipinski definition) is 6. The summed E-state index contributed by atoms with van der Waals surface area (Å²) in [7, 11) is 0. The predicted molar refractivity (Wildman–Crippen MR) is 211 cm³/mol. The van der Waals surface area contributed by atoms with Gasteiger partial charge < -0.3 is 8.83 Å². The van der Waals surface area contributed by atoms with Crippen molar-refractivity contribution in [3.8, 4) is 45.3 Å². The predicted octanol–water partition coefficient (Wildman–Crippen LogP) is 12.4. The summed E-state index contributed by atoms with van der Waals surface area (Å²) >= 11 is 1.94. The fourth-order valence-corrected chi connectivity index (χ4v) is 9.53. The maximum absolute atomic E-state index is 6.50. The lowest BCUT2D eigenvalue weighted by molar-refractivity contribution is 0.668. The molecule has 0 spiro atoms. The molecule has 0 bridgehead atoms. The Bertz CT molecular complexity index is 2980. The van der Waals surface area contributed by atoms with Gasteiger partial charge >= 0.3 is 0 Å². The van der Waals surface area contributed by atoms with Crippen molar-refractivity contribution in [2.24, 2.45) is 0 Å². The molecular formula is C46H29N3O2S. The average Bonchev–Trinajstić information content (AvgIpc) is 3.86. The molecule has 5 nitrogen and oxygen atoms in total. The second kappa shape index (κ2) is 11.1. The number of rotatable bonds is 4. The maximum Gasteiger partial charge on any atom is 0.165 e. The highest BCUT2D eigenvalue weighted by molar-refractivity contribution is 8.01. The molecule has 246 valence electrons. The van der Waals surface area contributed by atoms with Gasteiger partial charge in [-0.1, -0.05) is 109 Å². The van der Waals surface area contributed by atoms with E-state index in [2.05, 4.69) is 91.9 Å². The zero-order valence-electron chi connectivity index (χ0n) is 28.1. The standard InChI is InChI=1S/C46H29N3O2S/c1-46-25-10-9-17-34(46)40-31(16-11-20-39(40)52-46)32-23-24-37-41(33-15-6-8-19-36(33)50-37)42(32)45-48-43(27-12-3-2-4-13-27)47-44(49-45)28-21-22-30-29-14-5-7-18-35(29)51-38(30)26-28/h2-26,34H,1H3. The first-order chi connectivity index (χ1) is 25.6. The molecule has 9 aromatic rings. The summed E-state index contributed by atoms with van der Waals surface area (Å²) in [6, 6.07) is 43.7. The number of allylic oxidation sites excluding steroid dienone is 3. The Hall–Kier alpha value is -6.24. The Balaban J connectivity index is 1.22. The van der Waals surface area contributed by atoms with Gasteiger partial charge in [0.25, 0.3) is 0 Å². The van der Waals surface area contributed by atoms with Crippen LogP contribution < -0.4 is 0 Å². The number of nitrogens with zero attached hydrogens (tertiary/aromatic N) is 3. The molecule has 4 heterocycles. The molecule has 6 heteroatoms. The lowest BCUT2D eigenvalue weighted by Crippen LogP contribution is -2.22. The fraction of sp³-hybridized carbons (Fsp3) is 0.0652. The highest BCUT2D eigenvalue weighted by Crippen LogP contribution is 2.59. The smallest absolute Gasteiger partial charge is 0.165 e. The van der Waals surface area contributed by atoms with E-state index in [0.717, 1.165) is 66.1 Å². The van der Waals surface area contributed by atoms with Gasteiger partial charge in [0.1, 0.15) is 22.3 Å². The van der Waals surface area contributed by atoms with Gasteiger partial charge in [0.05, 0.1) is 0 Å². The van der Waals surface area contributed by atoms with Crippen LogP contribution in [0.4, 0.5) is 0 Å². The molecule has 52 heavy (non-hydrogen) atoms. The summed E-state index contributed by atoms with van der Waals surface area (Å²) in [5.74, 6) is 1.99. The van der Waals surface area contributed by atoms with Crippen molar-refractivity contribution in [1.29, 1.82) is 0 Å². The van der Waals surface area contributed by atoms with Crippen molar-refractivity contribution >= 4 is 55.6 Å². The molecule has 11 rings (SSSR count). The van der Waals surface area contributed by atoms with Crippen molar-refractivity contribution in [2.75, 3.05) is 0 Å². The summed E-state index contributed by atoms with van der Waals surface area (Å²) in [5.41, 5.74) is 9.52. The average molecular weight is 688 g/mol. The van der Waals surface area contributed by atoms with Crippen LogP contribution >= 0.6 is 11.8 Å². The number of hydrogen-bond donors (Lipinski definition) is 0. The summed E-state index contributed by atoms with van der Waals surface area (Å²) < 4.78 is 12.8. The van der Waals surface area contributed by atoms with Gasteiger partial charge in [0.15, 0.2) is 17.5 Å². The lowest BCUT2D eigenvalue weighted by atomic mass is 9.79. The Morgan fingerprint density at radius 2 is 1.27 bits per heavy atom. The van der Waals surface area contributed by atoms with Gasteiger partial charge in [0, 0.05) is 53.8 Å². The third-order valence-corrected chi connectivity index (χ3v) is 11.9. The van der Waals surface area contributed by atoms with E-state index in [0.29, 0.717) is 17.5 Å². The summed E-state index contributed by atoms with van der Waals surface area (Å²) in [5, 5.41) is 4.15. The van der Waals surface area contributed by atoms with Crippen LogP contribution in [-0.4, -0.2) is 19.7 Å². The van der Waals surface area contributed by atoms with Crippen LogP contribution in [0.2, 0.25) is 0 Å². The summed E-state index contributed by atoms with van der Waals surface area (Å²) in [6.07, 6.45) is 9.03. The van der Waals surface area contributed by atoms with E-state index in [9.17, 15) is 0 Å². The second-order valence-electron chi connectivity index (χ2n) is 13.7. The third-order valence-electron chi connectivity index (χ3n) is 10.5. The lowest BCUT2D eigenvalue weighted by Gasteiger charge is -2.28. The number of fused-ring (bicyclic) bond motifs is 9. The van der Waals surface area contributed by atoms with Gasteiger partial charge in [-0.2, -0.15) is 0 Å². The number of furan rings is 2. The molecule has 6 aromatic carbocycles. The van der Waals surface area contributed by atoms with Crippen LogP contribution in [0.1, 0.15) is 18.4 Å². The van der Waals surface area contributed by atoms with E-state index >= 15 is 0 Å². The highest BCUT2D eigenvalue weighted by Gasteiger charge is 2.43. The molecular weight excluding hydrogens is 659 g/mol. The van der Waals surface area contributed by atoms with Crippen molar-refractivity contribution < 1.29 is 8.83 Å². The first-order valence-electron chi connectivity index (χ1n) is 17.5. The highest BCUT2D eigenvalue weighted by atomic mass is 32.2. The molecule has 0 radical (unpaired) electrons. The van der Waals surface area contributed by atoms with E-state index in [1.807, 2.05) is 78.5 Å². The van der Waals surface area contributed by atoms with Crippen molar-refractivity contribution in [2.45, 2.75) is 22.5 Å². The van der Waals surface area contributed by atoms with E-state index in [1.54, 1.807) is 0 Å². The van der Waals surface area contributed by atoms with Gasteiger partial charge in [0.2, 0.25) is 0 Å². The van der Waals surface area contributed by atoms with Crippen LogP contribution in [0.3, 0.4) is 0 Å². The van der Waals surface area contributed by atoms with Crippen LogP contribution in [-0.2, 0) is 0 Å². The molecule has 0 N–H and O–H groups in total. The minimum absolute atomic E-state index is 0.0596. The van der Waals surface area contributed by atoms with Crippen molar-refractivity contribution in [3.63, 3.8) is 0 Å². The third kappa shape index (κ3) is 4.41. The number of benzene rings is 6. The second-order valence-corrected chi connectivity index (χ2v) is 15.2. The van der Waals surface area contributed by atoms with Gasteiger partial charge in [-0.25, -0.2) is 15.0 Å². The zero-order chi connectivity index (χ0) is 34.4. The normalized spacial score (nSPS) is 17.8. The van der Waals surface area contributed by atoms with Crippen LogP contribution in [0.25, 0.3) is 89.2 Å². The maximum atomic E-state index is 6.50. The van der Waals surface area contributed by atoms with Gasteiger partial charge in [-0.15, -0.1) is 11.8 Å². The minimum atomic E-state index is -0.0596. The molecule has 2 unspecified atom stereocenters. The summed E-state index contributed by atoms with van der Waals surface area (Å²) in [4.78, 5) is 17.0. The van der Waals surface area contributed by atoms with E-state index < -0.39 is 0 Å². The van der Waals surface area contributed by atoms with E-state index in [-0.39, 0.29) is 10.7 Å². The number of para-hydroxylation sites is 2. The van der Waals surface area contributed by atoms with Gasteiger partial charge in [-0.05, 0) is 66.1 Å². The number of aromatic nitrogens is 3. The Morgan fingerprint density at radius 1 is 0.558 bits per heavy atom. The first-order valence-corrected chi connectivity index (χ1v) is 18.3. The van der Waals surface area contributed by atoms with Gasteiger partial charge in [-0.3, -0.25) is 0 Å². The largest absolute Gasteiger partial charge is 0.456 e.